The molecule has 0 heterocycles. The second kappa shape index (κ2) is 5.35. The van der Waals surface area contributed by atoms with Gasteiger partial charge >= 0.3 is 5.97 Å². The average Bonchev–Trinajstić information content (AvgIpc) is 2.54. The lowest BCUT2D eigenvalue weighted by atomic mass is 10.2. The molecule has 3 heteroatoms. The molecular formula is C11H20O3. The molecule has 1 rings (SSSR count). The van der Waals surface area contributed by atoms with E-state index in [2.05, 4.69) is 0 Å². The summed E-state index contributed by atoms with van der Waals surface area (Å²) in [6.45, 7) is 5.43. The second-order valence-electron chi connectivity index (χ2n) is 4.26. The van der Waals surface area contributed by atoms with Crippen molar-refractivity contribution in [1.82, 2.24) is 0 Å². The SMILES string of the molecule is CC(=O)OC(OC1CCCC1)C(C)C. The second-order valence-corrected chi connectivity index (χ2v) is 4.26. The molecule has 0 aromatic heterocycles. The van der Waals surface area contributed by atoms with Crippen molar-refractivity contribution in [2.24, 2.45) is 5.92 Å². The first-order valence-electron chi connectivity index (χ1n) is 5.42. The Kier molecular flexibility index (Phi) is 4.39. The maximum absolute atomic E-state index is 10.8. The number of rotatable bonds is 4. The van der Waals surface area contributed by atoms with Crippen LogP contribution in [0.2, 0.25) is 0 Å². The van der Waals surface area contributed by atoms with Crippen molar-refractivity contribution in [3.05, 3.63) is 0 Å². The van der Waals surface area contributed by atoms with Crippen LogP contribution >= 0.6 is 0 Å². The van der Waals surface area contributed by atoms with Gasteiger partial charge in [0.2, 0.25) is 6.29 Å². The van der Waals surface area contributed by atoms with Gasteiger partial charge in [-0.15, -0.1) is 0 Å². The first-order chi connectivity index (χ1) is 6.59. The Morgan fingerprint density at radius 2 is 1.86 bits per heavy atom. The number of ether oxygens (including phenoxy) is 2. The van der Waals surface area contributed by atoms with Crippen molar-refractivity contribution in [2.45, 2.75) is 58.8 Å². The van der Waals surface area contributed by atoms with E-state index < -0.39 is 0 Å². The lowest BCUT2D eigenvalue weighted by Gasteiger charge is -2.24. The van der Waals surface area contributed by atoms with Gasteiger partial charge in [0.05, 0.1) is 6.10 Å². The van der Waals surface area contributed by atoms with E-state index in [0.717, 1.165) is 12.8 Å². The summed E-state index contributed by atoms with van der Waals surface area (Å²) in [7, 11) is 0. The molecule has 1 aliphatic rings. The van der Waals surface area contributed by atoms with Gasteiger partial charge in [0.15, 0.2) is 0 Å². The predicted octanol–water partition coefficient (Wildman–Crippen LogP) is 2.49. The molecule has 0 aromatic rings. The maximum atomic E-state index is 10.8. The topological polar surface area (TPSA) is 35.5 Å². The van der Waals surface area contributed by atoms with Crippen molar-refractivity contribution in [2.75, 3.05) is 0 Å². The number of hydrogen-bond acceptors (Lipinski definition) is 3. The summed E-state index contributed by atoms with van der Waals surface area (Å²) in [5.74, 6) is -0.0406. The molecule has 1 fully saturated rings. The lowest BCUT2D eigenvalue weighted by molar-refractivity contribution is -0.198. The molecule has 0 bridgehead atoms. The summed E-state index contributed by atoms with van der Waals surface area (Å²) >= 11 is 0. The standard InChI is InChI=1S/C11H20O3/c1-8(2)11(13-9(3)12)14-10-6-4-5-7-10/h8,10-11H,4-7H2,1-3H3. The van der Waals surface area contributed by atoms with Crippen LogP contribution in [-0.2, 0) is 14.3 Å². The van der Waals surface area contributed by atoms with E-state index in [1.54, 1.807) is 0 Å². The summed E-state index contributed by atoms with van der Waals surface area (Å²) in [4.78, 5) is 10.8. The summed E-state index contributed by atoms with van der Waals surface area (Å²) < 4.78 is 10.9. The van der Waals surface area contributed by atoms with Gasteiger partial charge in [-0.2, -0.15) is 0 Å². The van der Waals surface area contributed by atoms with Gasteiger partial charge in [-0.1, -0.05) is 26.7 Å². The van der Waals surface area contributed by atoms with E-state index in [1.165, 1.54) is 19.8 Å². The zero-order valence-corrected chi connectivity index (χ0v) is 9.29. The smallest absolute Gasteiger partial charge is 0.304 e. The Morgan fingerprint density at radius 3 is 2.29 bits per heavy atom. The first kappa shape index (κ1) is 11.5. The fourth-order valence-corrected chi connectivity index (χ4v) is 1.70. The molecule has 0 aliphatic heterocycles. The number of carbonyl (C=O) groups is 1. The Balaban J connectivity index is 2.37. The highest BCUT2D eigenvalue weighted by atomic mass is 16.7. The third-order valence-corrected chi connectivity index (χ3v) is 2.46. The minimum atomic E-state index is -0.365. The summed E-state index contributed by atoms with van der Waals surface area (Å²) in [6, 6.07) is 0. The predicted molar refractivity (Wildman–Crippen MR) is 53.7 cm³/mol. The van der Waals surface area contributed by atoms with Crippen molar-refractivity contribution in [1.29, 1.82) is 0 Å². The highest BCUT2D eigenvalue weighted by molar-refractivity contribution is 5.66. The fourth-order valence-electron chi connectivity index (χ4n) is 1.70. The van der Waals surface area contributed by atoms with Crippen molar-refractivity contribution in [3.8, 4) is 0 Å². The average molecular weight is 200 g/mol. The molecule has 0 aromatic carbocycles. The summed E-state index contributed by atoms with van der Waals surface area (Å²) in [5, 5.41) is 0. The van der Waals surface area contributed by atoms with Gasteiger partial charge in [0.25, 0.3) is 0 Å². The fraction of sp³-hybridized carbons (Fsp3) is 0.909. The van der Waals surface area contributed by atoms with E-state index in [1.807, 2.05) is 13.8 Å². The quantitative estimate of drug-likeness (QED) is 0.516. The lowest BCUT2D eigenvalue weighted by Crippen LogP contribution is -2.29. The van der Waals surface area contributed by atoms with E-state index >= 15 is 0 Å². The van der Waals surface area contributed by atoms with Crippen LogP contribution in [0, 0.1) is 5.92 Å². The monoisotopic (exact) mass is 200 g/mol. The Hall–Kier alpha value is -0.570. The number of hydrogen-bond donors (Lipinski definition) is 0. The van der Waals surface area contributed by atoms with Gasteiger partial charge < -0.3 is 9.47 Å². The van der Waals surface area contributed by atoms with Crippen LogP contribution in [-0.4, -0.2) is 18.4 Å². The van der Waals surface area contributed by atoms with Crippen LogP contribution in [0.4, 0.5) is 0 Å². The van der Waals surface area contributed by atoms with E-state index in [-0.39, 0.29) is 18.2 Å². The Morgan fingerprint density at radius 1 is 1.29 bits per heavy atom. The number of esters is 1. The normalized spacial score (nSPS) is 20.0. The molecule has 0 radical (unpaired) electrons. The highest BCUT2D eigenvalue weighted by Crippen LogP contribution is 2.24. The van der Waals surface area contributed by atoms with Gasteiger partial charge in [0.1, 0.15) is 0 Å². The molecule has 1 unspecified atom stereocenters. The van der Waals surface area contributed by atoms with Crippen LogP contribution in [0.5, 0.6) is 0 Å². The van der Waals surface area contributed by atoms with Gasteiger partial charge in [0, 0.05) is 12.8 Å². The molecule has 3 nitrogen and oxygen atoms in total. The van der Waals surface area contributed by atoms with E-state index in [9.17, 15) is 4.79 Å². The molecule has 14 heavy (non-hydrogen) atoms. The van der Waals surface area contributed by atoms with E-state index in [4.69, 9.17) is 9.47 Å². The molecule has 0 amide bonds. The highest BCUT2D eigenvalue weighted by Gasteiger charge is 2.24. The van der Waals surface area contributed by atoms with Gasteiger partial charge in [-0.05, 0) is 12.8 Å². The van der Waals surface area contributed by atoms with Crippen LogP contribution in [0.15, 0.2) is 0 Å². The molecule has 1 aliphatic carbocycles. The van der Waals surface area contributed by atoms with E-state index in [0.29, 0.717) is 6.10 Å². The van der Waals surface area contributed by atoms with Crippen molar-refractivity contribution < 1.29 is 14.3 Å². The Labute approximate surface area is 85.8 Å². The number of carbonyl (C=O) groups excluding carboxylic acids is 1. The van der Waals surface area contributed by atoms with Crippen LogP contribution < -0.4 is 0 Å². The van der Waals surface area contributed by atoms with Crippen molar-refractivity contribution in [3.63, 3.8) is 0 Å². The molecule has 1 saturated carbocycles. The molecule has 0 N–H and O–H groups in total. The summed E-state index contributed by atoms with van der Waals surface area (Å²) in [6.07, 6.45) is 4.59. The van der Waals surface area contributed by atoms with Crippen LogP contribution in [0.1, 0.15) is 46.5 Å². The largest absolute Gasteiger partial charge is 0.436 e. The van der Waals surface area contributed by atoms with Gasteiger partial charge in [-0.25, -0.2) is 0 Å². The Bertz CT molecular complexity index is 183. The van der Waals surface area contributed by atoms with Crippen LogP contribution in [0.3, 0.4) is 0 Å². The van der Waals surface area contributed by atoms with Crippen LogP contribution in [0.25, 0.3) is 0 Å². The zero-order valence-electron chi connectivity index (χ0n) is 9.29. The molecule has 0 spiro atoms. The zero-order chi connectivity index (χ0) is 10.6. The molecule has 82 valence electrons. The summed E-state index contributed by atoms with van der Waals surface area (Å²) in [5.41, 5.74) is 0. The molecule has 1 atom stereocenters. The first-order valence-corrected chi connectivity index (χ1v) is 5.42. The third-order valence-electron chi connectivity index (χ3n) is 2.46. The molecular weight excluding hydrogens is 180 g/mol. The molecule has 0 saturated heterocycles. The maximum Gasteiger partial charge on any atom is 0.304 e. The minimum Gasteiger partial charge on any atom is -0.436 e. The third kappa shape index (κ3) is 3.66. The van der Waals surface area contributed by atoms with Gasteiger partial charge in [-0.3, -0.25) is 4.79 Å². The minimum absolute atomic E-state index is 0.222. The van der Waals surface area contributed by atoms with Crippen molar-refractivity contribution >= 4 is 5.97 Å².